The number of nitrogens with one attached hydrogen (secondary N) is 1. The molecule has 3 heterocycles. The van der Waals surface area contributed by atoms with Crippen molar-refractivity contribution >= 4 is 22.8 Å². The smallest absolute Gasteiger partial charge is 0.412 e. The van der Waals surface area contributed by atoms with Gasteiger partial charge < -0.3 is 15.0 Å². The van der Waals surface area contributed by atoms with Crippen LogP contribution in [0, 0.1) is 11.8 Å². The highest BCUT2D eigenvalue weighted by molar-refractivity contribution is 5.94. The molecule has 2 aliphatic heterocycles. The van der Waals surface area contributed by atoms with Gasteiger partial charge in [0.05, 0.1) is 16.7 Å². The quantitative estimate of drug-likeness (QED) is 0.636. The second kappa shape index (κ2) is 7.62. The Kier molecular flexibility index (Phi) is 4.72. The lowest BCUT2D eigenvalue weighted by molar-refractivity contribution is 0.198. The summed E-state index contributed by atoms with van der Waals surface area (Å²) in [5, 5.41) is 13.5. The zero-order valence-corrected chi connectivity index (χ0v) is 18.5. The lowest BCUT2D eigenvalue weighted by atomic mass is 9.95. The molecule has 1 aliphatic carbocycles. The Bertz CT molecular complexity index is 1170. The number of hydrogen-bond donors (Lipinski definition) is 2. The third-order valence-corrected chi connectivity index (χ3v) is 7.99. The van der Waals surface area contributed by atoms with E-state index in [0.29, 0.717) is 12.0 Å². The third kappa shape index (κ3) is 3.04. The van der Waals surface area contributed by atoms with Gasteiger partial charge in [-0.3, -0.25) is 4.90 Å². The molecular formula is C26H30N4O2. The van der Waals surface area contributed by atoms with Crippen molar-refractivity contribution in [3.63, 3.8) is 0 Å². The molecule has 2 fully saturated rings. The SMILES string of the molecule is C[C@H]1CCc2c(ccc3c2nc(Cc2ccccc2)n3[C@H]2CC[C@H]3CNC[C@H]32)N1C(=O)O. The number of hydrogen-bond acceptors (Lipinski definition) is 3. The van der Waals surface area contributed by atoms with Crippen LogP contribution in [0.3, 0.4) is 0 Å². The van der Waals surface area contributed by atoms with E-state index in [9.17, 15) is 9.90 Å². The molecule has 0 radical (unpaired) electrons. The molecule has 1 saturated heterocycles. The van der Waals surface area contributed by atoms with E-state index in [-0.39, 0.29) is 6.04 Å². The number of aromatic nitrogens is 2. The first-order valence-electron chi connectivity index (χ1n) is 11.9. The summed E-state index contributed by atoms with van der Waals surface area (Å²) in [4.78, 5) is 18.8. The molecule has 2 N–H and O–H groups in total. The van der Waals surface area contributed by atoms with Gasteiger partial charge in [0.1, 0.15) is 5.82 Å². The predicted octanol–water partition coefficient (Wildman–Crippen LogP) is 4.62. The number of aryl methyl sites for hydroxylation is 1. The second-order valence-electron chi connectivity index (χ2n) is 9.76. The van der Waals surface area contributed by atoms with Gasteiger partial charge in [-0.15, -0.1) is 0 Å². The van der Waals surface area contributed by atoms with Crippen molar-refractivity contribution in [1.29, 1.82) is 0 Å². The molecule has 3 aliphatic rings. The van der Waals surface area contributed by atoms with E-state index in [4.69, 9.17) is 4.98 Å². The van der Waals surface area contributed by atoms with Gasteiger partial charge in [-0.25, -0.2) is 9.78 Å². The lowest BCUT2D eigenvalue weighted by Crippen LogP contribution is -2.41. The van der Waals surface area contributed by atoms with Crippen molar-refractivity contribution in [2.75, 3.05) is 18.0 Å². The van der Waals surface area contributed by atoms with Crippen LogP contribution in [0.25, 0.3) is 11.0 Å². The molecule has 32 heavy (non-hydrogen) atoms. The molecule has 3 aromatic rings. The first-order chi connectivity index (χ1) is 15.6. The minimum Gasteiger partial charge on any atom is -0.465 e. The van der Waals surface area contributed by atoms with E-state index in [2.05, 4.69) is 46.3 Å². The fraction of sp³-hybridized carbons (Fsp3) is 0.462. The van der Waals surface area contributed by atoms with E-state index in [1.165, 1.54) is 28.8 Å². The van der Waals surface area contributed by atoms with Crippen LogP contribution in [-0.4, -0.2) is 39.9 Å². The Balaban J connectivity index is 1.52. The Hall–Kier alpha value is -2.86. The zero-order chi connectivity index (χ0) is 21.8. The van der Waals surface area contributed by atoms with Crippen LogP contribution < -0.4 is 10.2 Å². The minimum absolute atomic E-state index is 0.0107. The molecule has 166 valence electrons. The van der Waals surface area contributed by atoms with E-state index in [1.54, 1.807) is 0 Å². The molecule has 0 spiro atoms. The van der Waals surface area contributed by atoms with Crippen molar-refractivity contribution in [3.8, 4) is 0 Å². The summed E-state index contributed by atoms with van der Waals surface area (Å²) in [5.74, 6) is 2.51. The lowest BCUT2D eigenvalue weighted by Gasteiger charge is -2.33. The molecule has 0 unspecified atom stereocenters. The van der Waals surface area contributed by atoms with E-state index < -0.39 is 6.09 Å². The van der Waals surface area contributed by atoms with Gasteiger partial charge in [-0.05, 0) is 68.7 Å². The molecule has 1 amide bonds. The summed E-state index contributed by atoms with van der Waals surface area (Å²) in [6, 6.07) is 15.1. The van der Waals surface area contributed by atoms with Crippen LogP contribution in [0.15, 0.2) is 42.5 Å². The van der Waals surface area contributed by atoms with Crippen LogP contribution in [0.4, 0.5) is 10.5 Å². The third-order valence-electron chi connectivity index (χ3n) is 7.99. The van der Waals surface area contributed by atoms with Gasteiger partial charge >= 0.3 is 6.09 Å². The number of anilines is 1. The number of imidazole rings is 1. The van der Waals surface area contributed by atoms with Gasteiger partial charge in [0.25, 0.3) is 0 Å². The van der Waals surface area contributed by atoms with Crippen LogP contribution >= 0.6 is 0 Å². The summed E-state index contributed by atoms with van der Waals surface area (Å²) in [6.07, 6.45) is 4.08. The van der Waals surface area contributed by atoms with Crippen molar-refractivity contribution in [3.05, 3.63) is 59.4 Å². The maximum atomic E-state index is 12.0. The maximum absolute atomic E-state index is 12.0. The topological polar surface area (TPSA) is 70.4 Å². The Morgan fingerprint density at radius 2 is 1.97 bits per heavy atom. The van der Waals surface area contributed by atoms with Crippen LogP contribution in [0.1, 0.15) is 49.2 Å². The molecule has 0 bridgehead atoms. The Morgan fingerprint density at radius 1 is 1.12 bits per heavy atom. The van der Waals surface area contributed by atoms with Gasteiger partial charge in [0.15, 0.2) is 0 Å². The van der Waals surface area contributed by atoms with E-state index in [0.717, 1.165) is 60.9 Å². The van der Waals surface area contributed by atoms with Crippen LogP contribution in [0.2, 0.25) is 0 Å². The van der Waals surface area contributed by atoms with Crippen molar-refractivity contribution in [2.24, 2.45) is 11.8 Å². The summed E-state index contributed by atoms with van der Waals surface area (Å²) < 4.78 is 2.52. The number of benzene rings is 2. The molecule has 2 aromatic carbocycles. The highest BCUT2D eigenvalue weighted by Gasteiger charge is 2.41. The van der Waals surface area contributed by atoms with Crippen molar-refractivity contribution in [1.82, 2.24) is 14.9 Å². The highest BCUT2D eigenvalue weighted by atomic mass is 16.4. The van der Waals surface area contributed by atoms with Gasteiger partial charge in [0.2, 0.25) is 0 Å². The standard InChI is InChI=1S/C26H30N4O2/c1-16-7-9-19-21(29(16)26(31)32)11-12-23-25(19)28-24(13-17-5-3-2-4-6-17)30(23)22-10-8-18-14-27-15-20(18)22/h2-6,11-12,16,18,20,22,27H,7-10,13-15H2,1H3,(H,31,32)/t16-,18-,20+,22-/m0/s1. The number of nitrogens with zero attached hydrogens (tertiary/aromatic N) is 3. The highest BCUT2D eigenvalue weighted by Crippen LogP contribution is 2.45. The van der Waals surface area contributed by atoms with E-state index in [1.807, 2.05) is 13.0 Å². The monoisotopic (exact) mass is 430 g/mol. The van der Waals surface area contributed by atoms with E-state index >= 15 is 0 Å². The normalized spacial score (nSPS) is 27.0. The number of amides is 1. The number of carboxylic acid groups (broad SMARTS) is 1. The minimum atomic E-state index is -0.877. The summed E-state index contributed by atoms with van der Waals surface area (Å²) >= 11 is 0. The summed E-state index contributed by atoms with van der Waals surface area (Å²) in [5.41, 5.74) is 5.34. The zero-order valence-electron chi connectivity index (χ0n) is 18.5. The predicted molar refractivity (Wildman–Crippen MR) is 125 cm³/mol. The second-order valence-corrected chi connectivity index (χ2v) is 9.76. The molecule has 4 atom stereocenters. The summed E-state index contributed by atoms with van der Waals surface area (Å²) in [6.45, 7) is 4.20. The maximum Gasteiger partial charge on any atom is 0.412 e. The first kappa shape index (κ1) is 19.8. The van der Waals surface area contributed by atoms with Crippen LogP contribution in [-0.2, 0) is 12.8 Å². The van der Waals surface area contributed by atoms with Gasteiger partial charge in [-0.2, -0.15) is 0 Å². The molecule has 6 heteroatoms. The molecule has 1 saturated carbocycles. The fourth-order valence-electron chi connectivity index (χ4n) is 6.45. The van der Waals surface area contributed by atoms with Gasteiger partial charge in [0, 0.05) is 30.6 Å². The van der Waals surface area contributed by atoms with Gasteiger partial charge in [-0.1, -0.05) is 30.3 Å². The largest absolute Gasteiger partial charge is 0.465 e. The Labute approximate surface area is 188 Å². The summed E-state index contributed by atoms with van der Waals surface area (Å²) in [7, 11) is 0. The average molecular weight is 431 g/mol. The molecule has 1 aromatic heterocycles. The number of carbonyl (C=O) groups is 1. The first-order valence-corrected chi connectivity index (χ1v) is 11.9. The Morgan fingerprint density at radius 3 is 2.78 bits per heavy atom. The van der Waals surface area contributed by atoms with Crippen molar-refractivity contribution < 1.29 is 9.90 Å². The number of rotatable bonds is 3. The fourth-order valence-corrected chi connectivity index (χ4v) is 6.45. The van der Waals surface area contributed by atoms with Crippen LogP contribution in [0.5, 0.6) is 0 Å². The molecule has 6 rings (SSSR count). The average Bonchev–Trinajstić information content (AvgIpc) is 3.48. The molecule has 6 nitrogen and oxygen atoms in total. The van der Waals surface area contributed by atoms with Crippen molar-refractivity contribution in [2.45, 2.75) is 51.1 Å². The number of fused-ring (bicyclic) bond motifs is 4. The molecular weight excluding hydrogens is 400 g/mol.